The summed E-state index contributed by atoms with van der Waals surface area (Å²) < 4.78 is 12.3. The van der Waals surface area contributed by atoms with Crippen LogP contribution in [-0.2, 0) is 24.3 Å². The molecular weight excluding hydrogens is 530 g/mol. The van der Waals surface area contributed by atoms with Gasteiger partial charge in [0, 0.05) is 71.2 Å². The fourth-order valence-corrected chi connectivity index (χ4v) is 6.15. The van der Waals surface area contributed by atoms with E-state index in [1.807, 2.05) is 60.3 Å². The second-order valence-electron chi connectivity index (χ2n) is 9.85. The van der Waals surface area contributed by atoms with E-state index in [1.54, 1.807) is 30.7 Å². The molecular formula is C33H33N5O2S. The molecule has 6 rings (SSSR count). The van der Waals surface area contributed by atoms with E-state index in [0.717, 1.165) is 46.1 Å². The fourth-order valence-electron chi connectivity index (χ4n) is 4.89. The summed E-state index contributed by atoms with van der Waals surface area (Å²) in [4.78, 5) is 21.4. The van der Waals surface area contributed by atoms with Crippen LogP contribution in [0, 0.1) is 0 Å². The molecule has 1 aliphatic carbocycles. The van der Waals surface area contributed by atoms with Gasteiger partial charge in [0.1, 0.15) is 5.69 Å². The van der Waals surface area contributed by atoms with Crippen LogP contribution >= 0.6 is 0 Å². The number of hydrogen-bond acceptors (Lipinski definition) is 5. The average molecular weight is 564 g/mol. The summed E-state index contributed by atoms with van der Waals surface area (Å²) in [5.41, 5.74) is 7.38. The molecule has 1 saturated heterocycles. The van der Waals surface area contributed by atoms with Crippen LogP contribution in [0.15, 0.2) is 104 Å². The SMILES string of the molecule is Cn1nc(-c2ccccn2)c(Cc2cccc(C(=O)Nc3ccncc3)c2)c1C1=CC=CC=CC1.O=S1CCCC1. The number of pyridine rings is 2. The summed E-state index contributed by atoms with van der Waals surface area (Å²) >= 11 is 0. The Labute approximate surface area is 243 Å². The number of nitrogens with one attached hydrogen (secondary N) is 1. The van der Waals surface area contributed by atoms with E-state index >= 15 is 0 Å². The minimum Gasteiger partial charge on any atom is -0.322 e. The van der Waals surface area contributed by atoms with Gasteiger partial charge in [-0.05, 0) is 66.8 Å². The van der Waals surface area contributed by atoms with Crippen LogP contribution in [0.4, 0.5) is 5.69 Å². The van der Waals surface area contributed by atoms with Crippen molar-refractivity contribution in [1.29, 1.82) is 0 Å². The predicted molar refractivity (Wildman–Crippen MR) is 166 cm³/mol. The zero-order chi connectivity index (χ0) is 28.4. The van der Waals surface area contributed by atoms with Crippen molar-refractivity contribution in [3.63, 3.8) is 0 Å². The quantitative estimate of drug-likeness (QED) is 0.304. The molecule has 1 fully saturated rings. The van der Waals surface area contributed by atoms with E-state index in [1.165, 1.54) is 18.4 Å². The van der Waals surface area contributed by atoms with Crippen LogP contribution in [0.2, 0.25) is 0 Å². The molecule has 0 spiro atoms. The summed E-state index contributed by atoms with van der Waals surface area (Å²) in [6.07, 6.45) is 19.3. The maximum atomic E-state index is 12.9. The van der Waals surface area contributed by atoms with Gasteiger partial charge in [0.2, 0.25) is 0 Å². The van der Waals surface area contributed by atoms with Crippen molar-refractivity contribution in [3.8, 4) is 11.4 Å². The Morgan fingerprint density at radius 3 is 2.54 bits per heavy atom. The standard InChI is InChI=1S/C29H25N5O.C4H8OS/c1-34-28(22-10-4-2-3-5-11-22)25(27(33-34)26-13-6-7-16-31-26)20-21-9-8-12-23(19-21)29(35)32-24-14-17-30-18-15-24;5-6-3-1-2-4-6/h2-10,12-19H,11,20H2,1H3,(H,30,32,35);1-4H2. The predicted octanol–water partition coefficient (Wildman–Crippen LogP) is 6.15. The zero-order valence-corrected chi connectivity index (χ0v) is 23.9. The number of aryl methyl sites for hydroxylation is 1. The normalized spacial score (nSPS) is 14.6. The van der Waals surface area contributed by atoms with Gasteiger partial charge < -0.3 is 5.32 Å². The van der Waals surface area contributed by atoms with Crippen molar-refractivity contribution in [2.24, 2.45) is 7.05 Å². The third kappa shape index (κ3) is 7.41. The molecule has 0 atom stereocenters. The minimum absolute atomic E-state index is 0.156. The van der Waals surface area contributed by atoms with Gasteiger partial charge in [-0.2, -0.15) is 5.10 Å². The van der Waals surface area contributed by atoms with Gasteiger partial charge in [-0.25, -0.2) is 0 Å². The highest BCUT2D eigenvalue weighted by atomic mass is 32.2. The number of anilines is 1. The molecule has 0 radical (unpaired) electrons. The number of benzene rings is 1. The lowest BCUT2D eigenvalue weighted by Crippen LogP contribution is -2.12. The van der Waals surface area contributed by atoms with E-state index in [-0.39, 0.29) is 5.91 Å². The number of carbonyl (C=O) groups is 1. The number of amides is 1. The Hall–Kier alpha value is -4.43. The van der Waals surface area contributed by atoms with E-state index in [2.05, 4.69) is 39.6 Å². The first-order valence-electron chi connectivity index (χ1n) is 13.7. The lowest BCUT2D eigenvalue weighted by molar-refractivity contribution is 0.102. The van der Waals surface area contributed by atoms with Gasteiger partial charge >= 0.3 is 0 Å². The van der Waals surface area contributed by atoms with Gasteiger partial charge in [0.15, 0.2) is 0 Å². The molecule has 1 aromatic carbocycles. The van der Waals surface area contributed by atoms with Gasteiger partial charge in [0.25, 0.3) is 5.91 Å². The Kier molecular flexibility index (Phi) is 9.44. The Morgan fingerprint density at radius 1 is 0.976 bits per heavy atom. The first-order chi connectivity index (χ1) is 20.1. The van der Waals surface area contributed by atoms with Gasteiger partial charge in [0.05, 0.1) is 11.4 Å². The maximum absolute atomic E-state index is 12.9. The fraction of sp³-hybridized carbons (Fsp3) is 0.212. The molecule has 1 aliphatic heterocycles. The van der Waals surface area contributed by atoms with Crippen molar-refractivity contribution in [2.45, 2.75) is 25.7 Å². The van der Waals surface area contributed by atoms with Crippen LogP contribution < -0.4 is 5.32 Å². The number of aromatic nitrogens is 4. The Morgan fingerprint density at radius 2 is 1.80 bits per heavy atom. The summed E-state index contributed by atoms with van der Waals surface area (Å²) in [6, 6.07) is 17.1. The number of nitrogens with zero attached hydrogens (tertiary/aromatic N) is 4. The summed E-state index contributed by atoms with van der Waals surface area (Å²) in [5, 5.41) is 7.81. The van der Waals surface area contributed by atoms with Crippen molar-refractivity contribution in [2.75, 3.05) is 16.8 Å². The molecule has 41 heavy (non-hydrogen) atoms. The van der Waals surface area contributed by atoms with Crippen molar-refractivity contribution in [1.82, 2.24) is 19.7 Å². The topological polar surface area (TPSA) is 89.8 Å². The molecule has 8 heteroatoms. The molecule has 7 nitrogen and oxygen atoms in total. The van der Waals surface area contributed by atoms with E-state index in [0.29, 0.717) is 17.7 Å². The second-order valence-corrected chi connectivity index (χ2v) is 11.5. The number of hydrogen-bond donors (Lipinski definition) is 1. The molecule has 2 aliphatic rings. The van der Waals surface area contributed by atoms with Crippen LogP contribution in [0.5, 0.6) is 0 Å². The molecule has 0 unspecified atom stereocenters. The van der Waals surface area contributed by atoms with E-state index in [4.69, 9.17) is 5.10 Å². The lowest BCUT2D eigenvalue weighted by Gasteiger charge is -2.11. The first-order valence-corrected chi connectivity index (χ1v) is 15.2. The van der Waals surface area contributed by atoms with Crippen LogP contribution in [0.25, 0.3) is 17.0 Å². The monoisotopic (exact) mass is 563 g/mol. The Balaban J connectivity index is 0.000000500. The molecule has 3 aromatic heterocycles. The molecule has 4 heterocycles. The smallest absolute Gasteiger partial charge is 0.255 e. The second kappa shape index (κ2) is 13.8. The van der Waals surface area contributed by atoms with E-state index < -0.39 is 10.8 Å². The van der Waals surface area contributed by atoms with Gasteiger partial charge in [-0.1, -0.05) is 48.6 Å². The molecule has 1 amide bonds. The number of carbonyl (C=O) groups excluding carboxylic acids is 1. The largest absolute Gasteiger partial charge is 0.322 e. The molecule has 4 aromatic rings. The number of rotatable bonds is 6. The highest BCUT2D eigenvalue weighted by Gasteiger charge is 2.21. The summed E-state index contributed by atoms with van der Waals surface area (Å²) in [5.74, 6) is 1.76. The van der Waals surface area contributed by atoms with Gasteiger partial charge in [-0.3, -0.25) is 23.7 Å². The van der Waals surface area contributed by atoms with Crippen molar-refractivity contribution in [3.05, 3.63) is 126 Å². The van der Waals surface area contributed by atoms with Crippen LogP contribution in [-0.4, -0.2) is 41.4 Å². The average Bonchev–Trinajstić information content (AvgIpc) is 3.50. The molecule has 0 bridgehead atoms. The third-order valence-corrected chi connectivity index (χ3v) is 8.34. The van der Waals surface area contributed by atoms with Gasteiger partial charge in [-0.15, -0.1) is 0 Å². The van der Waals surface area contributed by atoms with Crippen molar-refractivity contribution < 1.29 is 9.00 Å². The van der Waals surface area contributed by atoms with Crippen molar-refractivity contribution >= 4 is 28.0 Å². The molecule has 208 valence electrons. The van der Waals surface area contributed by atoms with Crippen LogP contribution in [0.3, 0.4) is 0 Å². The third-order valence-electron chi connectivity index (χ3n) is 6.85. The zero-order valence-electron chi connectivity index (χ0n) is 23.1. The molecule has 1 N–H and O–H groups in total. The van der Waals surface area contributed by atoms with Crippen LogP contribution in [0.1, 0.15) is 46.4 Å². The summed E-state index contributed by atoms with van der Waals surface area (Å²) in [6.45, 7) is 0. The lowest BCUT2D eigenvalue weighted by atomic mass is 9.95. The summed E-state index contributed by atoms with van der Waals surface area (Å²) in [7, 11) is 1.55. The maximum Gasteiger partial charge on any atom is 0.255 e. The Bertz CT molecular complexity index is 1600. The highest BCUT2D eigenvalue weighted by molar-refractivity contribution is 7.85. The first kappa shape index (κ1) is 28.1. The number of allylic oxidation sites excluding steroid dienone is 6. The highest BCUT2D eigenvalue weighted by Crippen LogP contribution is 2.32. The minimum atomic E-state index is -0.423. The molecule has 0 saturated carbocycles. The van der Waals surface area contributed by atoms with E-state index in [9.17, 15) is 9.00 Å².